The number of amides is 1. The lowest BCUT2D eigenvalue weighted by molar-refractivity contribution is -0.116. The number of nitrogens with zero attached hydrogens (tertiary/aromatic N) is 6. The SMILES string of the molecule is COc1ccc2nc3ccccc3c(N3N=C(CSc4nnc(-c5ccncc5)o4)CC3=O)c2c1. The van der Waals surface area contributed by atoms with Gasteiger partial charge in [-0.3, -0.25) is 9.78 Å². The topological polar surface area (TPSA) is 107 Å². The van der Waals surface area contributed by atoms with Gasteiger partial charge in [0.05, 0.1) is 36.0 Å². The molecule has 0 fully saturated rings. The molecule has 2 aromatic carbocycles. The van der Waals surface area contributed by atoms with E-state index in [1.54, 1.807) is 31.6 Å². The van der Waals surface area contributed by atoms with Gasteiger partial charge in [0, 0.05) is 34.5 Å². The number of anilines is 1. The van der Waals surface area contributed by atoms with E-state index in [-0.39, 0.29) is 12.3 Å². The summed E-state index contributed by atoms with van der Waals surface area (Å²) in [6.07, 6.45) is 3.55. The van der Waals surface area contributed by atoms with Gasteiger partial charge in [0.15, 0.2) is 0 Å². The molecule has 5 aromatic rings. The molecule has 0 saturated carbocycles. The van der Waals surface area contributed by atoms with Crippen molar-refractivity contribution in [3.05, 3.63) is 67.0 Å². The summed E-state index contributed by atoms with van der Waals surface area (Å²) in [5.41, 5.74) is 3.78. The lowest BCUT2D eigenvalue weighted by Crippen LogP contribution is -2.20. The number of carbonyl (C=O) groups is 1. The number of ether oxygens (including phenoxy) is 1. The van der Waals surface area contributed by atoms with Gasteiger partial charge in [-0.25, -0.2) is 4.98 Å². The molecule has 0 saturated heterocycles. The zero-order chi connectivity index (χ0) is 23.8. The average Bonchev–Trinajstić information content (AvgIpc) is 3.52. The van der Waals surface area contributed by atoms with E-state index in [0.717, 1.165) is 33.1 Å². The number of aromatic nitrogens is 4. The molecular formula is C25H18N6O3S. The minimum Gasteiger partial charge on any atom is -0.497 e. The average molecular weight is 483 g/mol. The summed E-state index contributed by atoms with van der Waals surface area (Å²) in [5, 5.41) is 16.4. The first-order valence-corrected chi connectivity index (χ1v) is 11.8. The first-order chi connectivity index (χ1) is 17.2. The highest BCUT2D eigenvalue weighted by Gasteiger charge is 2.29. The molecular weight excluding hydrogens is 464 g/mol. The molecule has 0 radical (unpaired) electrons. The van der Waals surface area contributed by atoms with Gasteiger partial charge in [0.1, 0.15) is 5.75 Å². The Labute approximate surface area is 203 Å². The minimum atomic E-state index is -0.107. The Morgan fingerprint density at radius 3 is 2.71 bits per heavy atom. The van der Waals surface area contributed by atoms with Gasteiger partial charge in [-0.05, 0) is 36.4 Å². The Hall–Kier alpha value is -4.31. The maximum absolute atomic E-state index is 13.1. The van der Waals surface area contributed by atoms with Crippen molar-refractivity contribution in [2.45, 2.75) is 11.6 Å². The largest absolute Gasteiger partial charge is 0.497 e. The van der Waals surface area contributed by atoms with Crippen LogP contribution < -0.4 is 9.75 Å². The molecule has 9 nitrogen and oxygen atoms in total. The molecule has 172 valence electrons. The van der Waals surface area contributed by atoms with E-state index in [1.807, 2.05) is 42.5 Å². The van der Waals surface area contributed by atoms with Crippen molar-refractivity contribution in [3.8, 4) is 17.2 Å². The van der Waals surface area contributed by atoms with Crippen LogP contribution in [0.15, 0.2) is 81.7 Å². The quantitative estimate of drug-likeness (QED) is 0.253. The van der Waals surface area contributed by atoms with Crippen LogP contribution in [0, 0.1) is 0 Å². The lowest BCUT2D eigenvalue weighted by Gasteiger charge is -2.17. The highest BCUT2D eigenvalue weighted by atomic mass is 32.2. The Balaban J connectivity index is 1.32. The second-order valence-electron chi connectivity index (χ2n) is 7.81. The van der Waals surface area contributed by atoms with Crippen molar-refractivity contribution in [1.82, 2.24) is 20.2 Å². The predicted octanol–water partition coefficient (Wildman–Crippen LogP) is 4.73. The van der Waals surface area contributed by atoms with E-state index in [9.17, 15) is 4.79 Å². The van der Waals surface area contributed by atoms with Crippen LogP contribution in [0.1, 0.15) is 6.42 Å². The monoisotopic (exact) mass is 482 g/mol. The number of methoxy groups -OCH3 is 1. The summed E-state index contributed by atoms with van der Waals surface area (Å²) in [4.78, 5) is 21.9. The third-order valence-corrected chi connectivity index (χ3v) is 6.49. The van der Waals surface area contributed by atoms with Crippen LogP contribution >= 0.6 is 11.8 Å². The molecule has 0 unspecified atom stereocenters. The van der Waals surface area contributed by atoms with Crippen LogP contribution in [-0.2, 0) is 4.79 Å². The van der Waals surface area contributed by atoms with Crippen molar-refractivity contribution in [1.29, 1.82) is 0 Å². The molecule has 4 heterocycles. The zero-order valence-electron chi connectivity index (χ0n) is 18.6. The van der Waals surface area contributed by atoms with E-state index >= 15 is 0 Å². The molecule has 6 rings (SSSR count). The Bertz CT molecular complexity index is 1600. The van der Waals surface area contributed by atoms with Gasteiger partial charge < -0.3 is 9.15 Å². The first-order valence-electron chi connectivity index (χ1n) is 10.8. The third-order valence-electron chi connectivity index (χ3n) is 5.60. The normalized spacial score (nSPS) is 13.6. The molecule has 0 atom stereocenters. The number of thioether (sulfide) groups is 1. The van der Waals surface area contributed by atoms with Gasteiger partial charge in [-0.2, -0.15) is 10.1 Å². The van der Waals surface area contributed by atoms with E-state index in [1.165, 1.54) is 16.8 Å². The number of pyridine rings is 2. The standard InChI is InChI=1S/C25H18N6O3S/c1-33-17-6-7-21-19(13-17)23(18-4-2-3-5-20(18)27-21)31-22(32)12-16(30-31)14-35-25-29-28-24(34-25)15-8-10-26-11-9-15/h2-11,13H,12,14H2,1H3. The molecule has 0 spiro atoms. The number of carbonyl (C=O) groups excluding carboxylic acids is 1. The van der Waals surface area contributed by atoms with Crippen LogP contribution in [0.5, 0.6) is 5.75 Å². The third kappa shape index (κ3) is 3.97. The number of benzene rings is 2. The van der Waals surface area contributed by atoms with Crippen LogP contribution in [0.4, 0.5) is 5.69 Å². The fourth-order valence-corrected chi connectivity index (χ4v) is 4.65. The van der Waals surface area contributed by atoms with Crippen molar-refractivity contribution in [3.63, 3.8) is 0 Å². The fraction of sp³-hybridized carbons (Fsp3) is 0.120. The molecule has 10 heteroatoms. The maximum atomic E-state index is 13.1. The Morgan fingerprint density at radius 2 is 1.86 bits per heavy atom. The zero-order valence-corrected chi connectivity index (χ0v) is 19.4. The number of fused-ring (bicyclic) bond motifs is 2. The van der Waals surface area contributed by atoms with Gasteiger partial charge in [-0.1, -0.05) is 30.0 Å². The molecule has 35 heavy (non-hydrogen) atoms. The number of hydrogen-bond acceptors (Lipinski definition) is 9. The molecule has 3 aromatic heterocycles. The summed E-state index contributed by atoms with van der Waals surface area (Å²) >= 11 is 1.35. The van der Waals surface area contributed by atoms with E-state index in [2.05, 4.69) is 20.3 Å². The molecule has 1 amide bonds. The lowest BCUT2D eigenvalue weighted by atomic mass is 10.1. The maximum Gasteiger partial charge on any atom is 0.277 e. The Morgan fingerprint density at radius 1 is 1.03 bits per heavy atom. The van der Waals surface area contributed by atoms with Gasteiger partial charge >= 0.3 is 0 Å². The molecule has 1 aliphatic heterocycles. The second kappa shape index (κ2) is 8.80. The fourth-order valence-electron chi connectivity index (χ4n) is 3.96. The molecule has 1 aliphatic rings. The Kier molecular flexibility index (Phi) is 5.34. The predicted molar refractivity (Wildman–Crippen MR) is 134 cm³/mol. The highest BCUT2D eigenvalue weighted by molar-refractivity contribution is 7.99. The second-order valence-corrected chi connectivity index (χ2v) is 8.73. The van der Waals surface area contributed by atoms with Crippen molar-refractivity contribution in [2.24, 2.45) is 5.10 Å². The van der Waals surface area contributed by atoms with E-state index < -0.39 is 0 Å². The first kappa shape index (κ1) is 21.2. The summed E-state index contributed by atoms with van der Waals surface area (Å²) in [6.45, 7) is 0. The minimum absolute atomic E-state index is 0.107. The summed E-state index contributed by atoms with van der Waals surface area (Å²) in [7, 11) is 1.61. The van der Waals surface area contributed by atoms with Gasteiger partial charge in [-0.15, -0.1) is 10.2 Å². The number of hydrazone groups is 1. The van der Waals surface area contributed by atoms with Crippen molar-refractivity contribution < 1.29 is 13.9 Å². The van der Waals surface area contributed by atoms with Crippen LogP contribution in [0.2, 0.25) is 0 Å². The molecule has 0 N–H and O–H groups in total. The highest BCUT2D eigenvalue weighted by Crippen LogP contribution is 2.38. The van der Waals surface area contributed by atoms with E-state index in [0.29, 0.717) is 28.3 Å². The number of hydrogen-bond donors (Lipinski definition) is 0. The van der Waals surface area contributed by atoms with Crippen molar-refractivity contribution >= 4 is 50.9 Å². The van der Waals surface area contributed by atoms with Crippen molar-refractivity contribution in [2.75, 3.05) is 17.9 Å². The van der Waals surface area contributed by atoms with Crippen LogP contribution in [-0.4, -0.2) is 44.6 Å². The molecule has 0 bridgehead atoms. The van der Waals surface area contributed by atoms with Gasteiger partial charge in [0.2, 0.25) is 5.89 Å². The molecule has 0 aliphatic carbocycles. The van der Waals surface area contributed by atoms with E-state index in [4.69, 9.17) is 14.1 Å². The van der Waals surface area contributed by atoms with Gasteiger partial charge in [0.25, 0.3) is 11.1 Å². The summed E-state index contributed by atoms with van der Waals surface area (Å²) in [5.74, 6) is 1.45. The van der Waals surface area contributed by atoms with Crippen LogP contribution in [0.3, 0.4) is 0 Å². The number of para-hydroxylation sites is 1. The number of rotatable bonds is 6. The summed E-state index contributed by atoms with van der Waals surface area (Å²) in [6, 6.07) is 17.0. The summed E-state index contributed by atoms with van der Waals surface area (Å²) < 4.78 is 11.2. The smallest absolute Gasteiger partial charge is 0.277 e. The van der Waals surface area contributed by atoms with Crippen LogP contribution in [0.25, 0.3) is 33.3 Å².